The monoisotopic (exact) mass is 343 g/mol. The molecule has 23 heavy (non-hydrogen) atoms. The van der Waals surface area contributed by atoms with E-state index in [2.05, 4.69) is 10.3 Å². The number of rotatable bonds is 2. The molecule has 0 saturated carbocycles. The van der Waals surface area contributed by atoms with Crippen LogP contribution in [0.5, 0.6) is 0 Å². The van der Waals surface area contributed by atoms with Crippen LogP contribution >= 0.6 is 22.9 Å². The van der Waals surface area contributed by atoms with Gasteiger partial charge in [0.15, 0.2) is 10.9 Å². The lowest BCUT2D eigenvalue weighted by Crippen LogP contribution is -2.10. The number of aromatic nitrogens is 1. The summed E-state index contributed by atoms with van der Waals surface area (Å²) in [6.07, 6.45) is 0. The van der Waals surface area contributed by atoms with Crippen molar-refractivity contribution in [2.45, 2.75) is 0 Å². The lowest BCUT2D eigenvalue weighted by atomic mass is 10.2. The number of carbonyl (C=O) groups is 1. The fourth-order valence-electron chi connectivity index (χ4n) is 2.36. The highest BCUT2D eigenvalue weighted by molar-refractivity contribution is 7.22. The molecule has 0 saturated heterocycles. The number of benzene rings is 2. The number of anilines is 2. The molecule has 0 fully saturated rings. The second-order valence-electron chi connectivity index (χ2n) is 4.96. The van der Waals surface area contributed by atoms with Gasteiger partial charge in [0.1, 0.15) is 11.1 Å². The minimum atomic E-state index is -0.339. The van der Waals surface area contributed by atoms with Gasteiger partial charge in [-0.1, -0.05) is 41.1 Å². The first-order valence-electron chi connectivity index (χ1n) is 6.75. The van der Waals surface area contributed by atoms with Gasteiger partial charge in [-0.2, -0.15) is 0 Å². The molecule has 2 aromatic carbocycles. The third-order valence-corrected chi connectivity index (χ3v) is 4.49. The maximum absolute atomic E-state index is 12.4. The van der Waals surface area contributed by atoms with E-state index in [-0.39, 0.29) is 11.7 Å². The molecular formula is C16H10ClN3O2S. The molecule has 0 bridgehead atoms. The number of thiazole rings is 1. The summed E-state index contributed by atoms with van der Waals surface area (Å²) in [6.45, 7) is 0. The number of hydrogen-bond donors (Lipinski definition) is 2. The third kappa shape index (κ3) is 2.52. The van der Waals surface area contributed by atoms with E-state index in [1.54, 1.807) is 18.2 Å². The van der Waals surface area contributed by atoms with Crippen molar-refractivity contribution in [1.29, 1.82) is 0 Å². The Morgan fingerprint density at radius 2 is 2.09 bits per heavy atom. The number of furan rings is 1. The standard InChI is InChI=1S/C16H10ClN3O2S/c17-10-6-9(7-13-14(10)20-16(18)23-13)19-15(21)12-5-8-3-1-2-4-11(8)22-12/h1-7H,(H2,18,20)(H,19,21). The molecule has 0 aliphatic carbocycles. The molecule has 0 spiro atoms. The van der Waals surface area contributed by atoms with E-state index in [0.717, 1.165) is 10.1 Å². The number of nitrogens with zero attached hydrogens (tertiary/aromatic N) is 1. The summed E-state index contributed by atoms with van der Waals surface area (Å²) in [4.78, 5) is 16.5. The Balaban J connectivity index is 1.67. The lowest BCUT2D eigenvalue weighted by Gasteiger charge is -2.04. The molecular weight excluding hydrogens is 334 g/mol. The molecule has 0 atom stereocenters. The highest BCUT2D eigenvalue weighted by Crippen LogP contribution is 2.33. The summed E-state index contributed by atoms with van der Waals surface area (Å²) in [5, 5.41) is 4.53. The van der Waals surface area contributed by atoms with Crippen LogP contribution in [-0.4, -0.2) is 10.9 Å². The first kappa shape index (κ1) is 14.0. The first-order valence-corrected chi connectivity index (χ1v) is 7.95. The molecule has 7 heteroatoms. The van der Waals surface area contributed by atoms with Crippen molar-refractivity contribution in [3.05, 3.63) is 53.2 Å². The van der Waals surface area contributed by atoms with Gasteiger partial charge in [-0.25, -0.2) is 4.98 Å². The number of nitrogens with one attached hydrogen (secondary N) is 1. The SMILES string of the molecule is Nc1nc2c(Cl)cc(NC(=O)c3cc4ccccc4o3)cc2s1. The molecule has 0 aliphatic rings. The second kappa shape index (κ2) is 5.26. The largest absolute Gasteiger partial charge is 0.451 e. The molecule has 4 rings (SSSR count). The van der Waals surface area contributed by atoms with Crippen molar-refractivity contribution in [3.8, 4) is 0 Å². The molecule has 5 nitrogen and oxygen atoms in total. The van der Waals surface area contributed by atoms with Crippen LogP contribution in [0.3, 0.4) is 0 Å². The molecule has 0 unspecified atom stereocenters. The van der Waals surface area contributed by atoms with Gasteiger partial charge in [0.05, 0.1) is 9.72 Å². The quantitative estimate of drug-likeness (QED) is 0.560. The van der Waals surface area contributed by atoms with Crippen molar-refractivity contribution in [3.63, 3.8) is 0 Å². The van der Waals surface area contributed by atoms with E-state index in [9.17, 15) is 4.79 Å². The zero-order valence-electron chi connectivity index (χ0n) is 11.7. The number of para-hydroxylation sites is 1. The van der Waals surface area contributed by atoms with Crippen molar-refractivity contribution in [2.75, 3.05) is 11.1 Å². The number of fused-ring (bicyclic) bond motifs is 2. The summed E-state index contributed by atoms with van der Waals surface area (Å²) in [5.41, 5.74) is 7.56. The van der Waals surface area contributed by atoms with Crippen LogP contribution < -0.4 is 11.1 Å². The summed E-state index contributed by atoms with van der Waals surface area (Å²) in [5.74, 6) is -0.0969. The zero-order chi connectivity index (χ0) is 16.0. The summed E-state index contributed by atoms with van der Waals surface area (Å²) in [7, 11) is 0. The maximum atomic E-state index is 12.4. The van der Waals surface area contributed by atoms with Crippen LogP contribution in [0, 0.1) is 0 Å². The number of nitrogen functional groups attached to an aromatic ring is 1. The van der Waals surface area contributed by atoms with E-state index in [1.165, 1.54) is 11.3 Å². The number of amides is 1. The Labute approximate surface area is 139 Å². The van der Waals surface area contributed by atoms with Crippen LogP contribution in [0.25, 0.3) is 21.2 Å². The van der Waals surface area contributed by atoms with Gasteiger partial charge < -0.3 is 15.5 Å². The topological polar surface area (TPSA) is 81.1 Å². The maximum Gasteiger partial charge on any atom is 0.291 e. The van der Waals surface area contributed by atoms with E-state index in [0.29, 0.717) is 26.9 Å². The van der Waals surface area contributed by atoms with Crippen LogP contribution in [0.2, 0.25) is 5.02 Å². The average molecular weight is 344 g/mol. The average Bonchev–Trinajstić information content (AvgIpc) is 3.10. The Kier molecular flexibility index (Phi) is 3.21. The summed E-state index contributed by atoms with van der Waals surface area (Å²) in [6, 6.07) is 12.6. The predicted octanol–water partition coefficient (Wildman–Crippen LogP) is 4.53. The van der Waals surface area contributed by atoms with Crippen LogP contribution in [0.15, 0.2) is 46.9 Å². The van der Waals surface area contributed by atoms with Gasteiger partial charge >= 0.3 is 0 Å². The number of hydrogen-bond acceptors (Lipinski definition) is 5. The second-order valence-corrected chi connectivity index (χ2v) is 6.43. The van der Waals surface area contributed by atoms with Crippen LogP contribution in [-0.2, 0) is 0 Å². The number of carbonyl (C=O) groups excluding carboxylic acids is 1. The molecule has 1 amide bonds. The molecule has 2 heterocycles. The minimum absolute atomic E-state index is 0.242. The summed E-state index contributed by atoms with van der Waals surface area (Å²) >= 11 is 7.50. The third-order valence-electron chi connectivity index (χ3n) is 3.37. The Morgan fingerprint density at radius 1 is 1.26 bits per heavy atom. The Hall–Kier alpha value is -2.57. The van der Waals surface area contributed by atoms with E-state index >= 15 is 0 Å². The van der Waals surface area contributed by atoms with Crippen LogP contribution in [0.1, 0.15) is 10.6 Å². The van der Waals surface area contributed by atoms with Crippen molar-refractivity contribution in [1.82, 2.24) is 4.98 Å². The predicted molar refractivity (Wildman–Crippen MR) is 93.2 cm³/mol. The van der Waals surface area contributed by atoms with E-state index in [1.807, 2.05) is 24.3 Å². The molecule has 0 aliphatic heterocycles. The highest BCUT2D eigenvalue weighted by Gasteiger charge is 2.14. The van der Waals surface area contributed by atoms with Gasteiger partial charge in [-0.05, 0) is 24.3 Å². The van der Waals surface area contributed by atoms with Gasteiger partial charge in [0.2, 0.25) is 0 Å². The van der Waals surface area contributed by atoms with Crippen molar-refractivity contribution < 1.29 is 9.21 Å². The molecule has 0 radical (unpaired) electrons. The minimum Gasteiger partial charge on any atom is -0.451 e. The van der Waals surface area contributed by atoms with Crippen molar-refractivity contribution in [2.24, 2.45) is 0 Å². The summed E-state index contributed by atoms with van der Waals surface area (Å²) < 4.78 is 6.36. The molecule has 114 valence electrons. The zero-order valence-corrected chi connectivity index (χ0v) is 13.2. The van der Waals surface area contributed by atoms with Gasteiger partial charge in [0, 0.05) is 11.1 Å². The molecule has 4 aromatic rings. The fourth-order valence-corrected chi connectivity index (χ4v) is 3.48. The molecule has 3 N–H and O–H groups in total. The normalized spacial score (nSPS) is 11.2. The number of nitrogens with two attached hydrogens (primary N) is 1. The number of halogens is 1. The van der Waals surface area contributed by atoms with Crippen LogP contribution in [0.4, 0.5) is 10.8 Å². The van der Waals surface area contributed by atoms with Gasteiger partial charge in [0.25, 0.3) is 5.91 Å². The highest BCUT2D eigenvalue weighted by atomic mass is 35.5. The van der Waals surface area contributed by atoms with Crippen molar-refractivity contribution >= 4 is 60.8 Å². The Bertz CT molecular complexity index is 1020. The Morgan fingerprint density at radius 3 is 2.91 bits per heavy atom. The van der Waals surface area contributed by atoms with E-state index < -0.39 is 0 Å². The van der Waals surface area contributed by atoms with Gasteiger partial charge in [-0.3, -0.25) is 4.79 Å². The van der Waals surface area contributed by atoms with E-state index in [4.69, 9.17) is 21.8 Å². The smallest absolute Gasteiger partial charge is 0.291 e. The lowest BCUT2D eigenvalue weighted by molar-refractivity contribution is 0.0998. The fraction of sp³-hybridized carbons (Fsp3) is 0. The molecule has 2 aromatic heterocycles. The first-order chi connectivity index (χ1) is 11.1. The van der Waals surface area contributed by atoms with Gasteiger partial charge in [-0.15, -0.1) is 0 Å².